The molecule has 1 fully saturated rings. The zero-order valence-electron chi connectivity index (χ0n) is 17.7. The van der Waals surface area contributed by atoms with Crippen molar-refractivity contribution >= 4 is 22.4 Å². The predicted molar refractivity (Wildman–Crippen MR) is 115 cm³/mol. The van der Waals surface area contributed by atoms with Gasteiger partial charge in [0.15, 0.2) is 5.82 Å². The molecule has 9 heteroatoms. The van der Waals surface area contributed by atoms with Crippen LogP contribution in [0.5, 0.6) is 0 Å². The number of hydrogen-bond donors (Lipinski definition) is 1. The van der Waals surface area contributed by atoms with Gasteiger partial charge in [-0.3, -0.25) is 4.98 Å². The van der Waals surface area contributed by atoms with E-state index in [-0.39, 0.29) is 0 Å². The number of halogens is 3. The molecule has 1 aliphatic rings. The number of likely N-dealkylation sites (N-methyl/N-ethyl adjacent to an activating group) is 1. The first-order valence-electron chi connectivity index (χ1n) is 10.2. The van der Waals surface area contributed by atoms with Crippen molar-refractivity contribution in [3.8, 4) is 0 Å². The van der Waals surface area contributed by atoms with Gasteiger partial charge in [0.2, 0.25) is 0 Å². The summed E-state index contributed by atoms with van der Waals surface area (Å²) in [7, 11) is 2.10. The molecular formula is C22H25F3N6. The van der Waals surface area contributed by atoms with Crippen LogP contribution >= 0.6 is 0 Å². The topological polar surface area (TPSA) is 57.2 Å². The fourth-order valence-corrected chi connectivity index (χ4v) is 3.77. The molecule has 1 unspecified atom stereocenters. The molecule has 0 saturated carbocycles. The normalized spacial score (nSPS) is 16.5. The lowest BCUT2D eigenvalue weighted by molar-refractivity contribution is -0.137. The predicted octanol–water partition coefficient (Wildman–Crippen LogP) is 4.28. The number of fused-ring (bicyclic) bond motifs is 1. The van der Waals surface area contributed by atoms with Gasteiger partial charge in [-0.1, -0.05) is 12.1 Å². The molecule has 6 nitrogen and oxygen atoms in total. The highest BCUT2D eigenvalue weighted by molar-refractivity contribution is 5.92. The number of benzene rings is 1. The molecule has 164 valence electrons. The minimum Gasteiger partial charge on any atom is -0.368 e. The highest BCUT2D eigenvalue weighted by Gasteiger charge is 2.30. The lowest BCUT2D eigenvalue weighted by Gasteiger charge is -2.34. The molecule has 1 atom stereocenters. The number of rotatable bonds is 4. The zero-order valence-corrected chi connectivity index (χ0v) is 17.7. The van der Waals surface area contributed by atoms with Gasteiger partial charge in [-0.25, -0.2) is 0 Å². The molecule has 0 amide bonds. The maximum atomic E-state index is 13.1. The summed E-state index contributed by atoms with van der Waals surface area (Å²) in [6, 6.07) is 6.97. The average Bonchev–Trinajstić information content (AvgIpc) is 2.75. The maximum Gasteiger partial charge on any atom is 0.416 e. The third-order valence-electron chi connectivity index (χ3n) is 5.71. The monoisotopic (exact) mass is 430 g/mol. The SMILES string of the molecule is Cc1nnc(NC(C)c2cccc(C(F)(F)F)c2)c2cc(N3CCN(C)CC3)cnc12. The van der Waals surface area contributed by atoms with Crippen molar-refractivity contribution in [2.45, 2.75) is 26.1 Å². The van der Waals surface area contributed by atoms with Gasteiger partial charge in [-0.05, 0) is 44.7 Å². The molecule has 1 saturated heterocycles. The van der Waals surface area contributed by atoms with E-state index in [1.165, 1.54) is 6.07 Å². The van der Waals surface area contributed by atoms with E-state index >= 15 is 0 Å². The summed E-state index contributed by atoms with van der Waals surface area (Å²) in [5.41, 5.74) is 2.29. The molecule has 0 bridgehead atoms. The van der Waals surface area contributed by atoms with E-state index in [9.17, 15) is 13.2 Å². The van der Waals surface area contributed by atoms with Crippen molar-refractivity contribution in [3.63, 3.8) is 0 Å². The molecule has 0 spiro atoms. The van der Waals surface area contributed by atoms with Crippen molar-refractivity contribution < 1.29 is 13.2 Å². The molecule has 3 aromatic rings. The number of aromatic nitrogens is 3. The van der Waals surface area contributed by atoms with Gasteiger partial charge in [0.05, 0.1) is 34.7 Å². The van der Waals surface area contributed by atoms with Crippen molar-refractivity contribution in [2.75, 3.05) is 43.4 Å². The van der Waals surface area contributed by atoms with E-state index in [1.807, 2.05) is 19.2 Å². The Morgan fingerprint density at radius 2 is 1.81 bits per heavy atom. The van der Waals surface area contributed by atoms with Crippen molar-refractivity contribution in [3.05, 3.63) is 53.3 Å². The Labute approximate surface area is 179 Å². The van der Waals surface area contributed by atoms with Gasteiger partial charge in [0.25, 0.3) is 0 Å². The first-order valence-corrected chi connectivity index (χ1v) is 10.2. The van der Waals surface area contributed by atoms with Crippen LogP contribution in [-0.4, -0.2) is 53.3 Å². The van der Waals surface area contributed by atoms with Crippen LogP contribution in [0, 0.1) is 6.92 Å². The summed E-state index contributed by atoms with van der Waals surface area (Å²) in [6.45, 7) is 7.42. The number of pyridine rings is 1. The van der Waals surface area contributed by atoms with Gasteiger partial charge in [0, 0.05) is 31.6 Å². The van der Waals surface area contributed by atoms with E-state index in [2.05, 4.69) is 37.3 Å². The average molecular weight is 430 g/mol. The van der Waals surface area contributed by atoms with Crippen LogP contribution in [0.1, 0.15) is 29.8 Å². The Kier molecular flexibility index (Phi) is 5.70. The van der Waals surface area contributed by atoms with Gasteiger partial charge in [0.1, 0.15) is 0 Å². The minimum absolute atomic E-state index is 0.394. The second-order valence-electron chi connectivity index (χ2n) is 8.00. The number of nitrogens with zero attached hydrogens (tertiary/aromatic N) is 5. The Hall–Kier alpha value is -2.94. The largest absolute Gasteiger partial charge is 0.416 e. The van der Waals surface area contributed by atoms with Crippen LogP contribution in [0.3, 0.4) is 0 Å². The van der Waals surface area contributed by atoms with E-state index in [0.29, 0.717) is 17.1 Å². The van der Waals surface area contributed by atoms with Crippen molar-refractivity contribution in [2.24, 2.45) is 0 Å². The van der Waals surface area contributed by atoms with Crippen LogP contribution in [0.2, 0.25) is 0 Å². The van der Waals surface area contributed by atoms with E-state index in [0.717, 1.165) is 54.9 Å². The Morgan fingerprint density at radius 1 is 1.06 bits per heavy atom. The van der Waals surface area contributed by atoms with Gasteiger partial charge in [-0.15, -0.1) is 5.10 Å². The molecular weight excluding hydrogens is 405 g/mol. The highest BCUT2D eigenvalue weighted by Crippen LogP contribution is 2.32. The molecule has 1 aromatic carbocycles. The molecule has 0 radical (unpaired) electrons. The molecule has 3 heterocycles. The summed E-state index contributed by atoms with van der Waals surface area (Å²) < 4.78 is 39.3. The minimum atomic E-state index is -4.38. The number of nitrogens with one attached hydrogen (secondary N) is 1. The van der Waals surface area contributed by atoms with Crippen LogP contribution in [0.25, 0.3) is 10.9 Å². The Balaban J connectivity index is 1.65. The lowest BCUT2D eigenvalue weighted by atomic mass is 10.0. The van der Waals surface area contributed by atoms with Crippen molar-refractivity contribution in [1.29, 1.82) is 0 Å². The third-order valence-corrected chi connectivity index (χ3v) is 5.71. The quantitative estimate of drug-likeness (QED) is 0.667. The highest BCUT2D eigenvalue weighted by atomic mass is 19.4. The van der Waals surface area contributed by atoms with Crippen LogP contribution < -0.4 is 10.2 Å². The number of piperazine rings is 1. The van der Waals surface area contributed by atoms with Gasteiger partial charge >= 0.3 is 6.18 Å². The smallest absolute Gasteiger partial charge is 0.368 e. The van der Waals surface area contributed by atoms with E-state index in [4.69, 9.17) is 0 Å². The third kappa shape index (κ3) is 4.56. The van der Waals surface area contributed by atoms with E-state index < -0.39 is 17.8 Å². The lowest BCUT2D eigenvalue weighted by Crippen LogP contribution is -2.44. The Morgan fingerprint density at radius 3 is 2.52 bits per heavy atom. The fourth-order valence-electron chi connectivity index (χ4n) is 3.77. The van der Waals surface area contributed by atoms with Crippen LogP contribution in [0.4, 0.5) is 24.7 Å². The van der Waals surface area contributed by atoms with Gasteiger partial charge < -0.3 is 15.1 Å². The summed E-state index contributed by atoms with van der Waals surface area (Å²) >= 11 is 0. The summed E-state index contributed by atoms with van der Waals surface area (Å²) in [5, 5.41) is 12.5. The first kappa shape index (κ1) is 21.3. The number of anilines is 2. The second-order valence-corrected chi connectivity index (χ2v) is 8.00. The second kappa shape index (κ2) is 8.30. The van der Waals surface area contributed by atoms with Crippen LogP contribution in [0.15, 0.2) is 36.5 Å². The molecule has 4 rings (SSSR count). The van der Waals surface area contributed by atoms with Crippen LogP contribution in [-0.2, 0) is 6.18 Å². The standard InChI is InChI=1S/C22H25F3N6/c1-14(16-5-4-6-17(11-16)22(23,24)25)27-21-19-12-18(31-9-7-30(3)8-10-31)13-26-20(19)15(2)28-29-21/h4-6,11-14H,7-10H2,1-3H3,(H,27,29). The summed E-state index contributed by atoms with van der Waals surface area (Å²) in [5.74, 6) is 0.508. The number of hydrogen-bond acceptors (Lipinski definition) is 6. The molecule has 1 N–H and O–H groups in total. The maximum absolute atomic E-state index is 13.1. The van der Waals surface area contributed by atoms with Crippen molar-refractivity contribution in [1.82, 2.24) is 20.1 Å². The van der Waals surface area contributed by atoms with E-state index in [1.54, 1.807) is 13.0 Å². The molecule has 1 aliphatic heterocycles. The fraction of sp³-hybridized carbons (Fsp3) is 0.409. The number of aryl methyl sites for hydroxylation is 1. The first-order chi connectivity index (χ1) is 14.7. The zero-order chi connectivity index (χ0) is 22.2. The Bertz CT molecular complexity index is 1080. The number of alkyl halides is 3. The molecule has 31 heavy (non-hydrogen) atoms. The molecule has 2 aromatic heterocycles. The van der Waals surface area contributed by atoms with Gasteiger partial charge in [-0.2, -0.15) is 18.3 Å². The summed E-state index contributed by atoms with van der Waals surface area (Å²) in [4.78, 5) is 9.18. The summed E-state index contributed by atoms with van der Waals surface area (Å²) in [6.07, 6.45) is -2.53. The molecule has 0 aliphatic carbocycles.